The second kappa shape index (κ2) is 14.8. The molecule has 0 aliphatic rings. The molecule has 0 aliphatic carbocycles. The summed E-state index contributed by atoms with van der Waals surface area (Å²) in [6, 6.07) is 0. The van der Waals surface area contributed by atoms with Crippen LogP contribution in [0, 0.1) is 0 Å². The maximum absolute atomic E-state index is 9.07. The number of hydrogen-bond acceptors (Lipinski definition) is 4. The Balaban J connectivity index is 3.16. The third kappa shape index (κ3) is 13.2. The second-order valence-corrected chi connectivity index (χ2v) is 6.22. The molecule has 0 aliphatic heterocycles. The molecule has 0 heterocycles. The largest absolute Gasteiger partial charge is 0.394 e. The molecule has 0 aromatic rings. The average Bonchev–Trinajstić information content (AvgIpc) is 2.51. The van der Waals surface area contributed by atoms with E-state index in [2.05, 4.69) is 6.92 Å². The lowest BCUT2D eigenvalue weighted by Gasteiger charge is -2.24. The minimum atomic E-state index is -0.797. The fourth-order valence-corrected chi connectivity index (χ4v) is 2.33. The molecule has 4 N–H and O–H groups in total. The van der Waals surface area contributed by atoms with Crippen LogP contribution in [-0.2, 0) is 4.74 Å². The van der Waals surface area contributed by atoms with Crippen LogP contribution in [0.1, 0.15) is 77.6 Å². The van der Waals surface area contributed by atoms with Crippen molar-refractivity contribution in [3.63, 3.8) is 0 Å². The number of aliphatic hydroxyl groups excluding tert-OH is 2. The molecule has 0 saturated carbocycles. The average molecular weight is 303 g/mol. The van der Waals surface area contributed by atoms with Gasteiger partial charge in [-0.15, -0.1) is 0 Å². The molecule has 0 amide bonds. The topological polar surface area (TPSA) is 75.7 Å². The van der Waals surface area contributed by atoms with Crippen LogP contribution in [0.15, 0.2) is 0 Å². The number of hydrogen-bond donors (Lipinski definition) is 3. The van der Waals surface area contributed by atoms with Gasteiger partial charge in [0, 0.05) is 13.2 Å². The maximum atomic E-state index is 9.07. The standard InChI is InChI=1S/C17H37NO3/c1-2-3-4-5-7-10-13-21-14-11-8-6-9-12-17(18,15-19)16-20/h19-20H,2-16,18H2,1H3. The van der Waals surface area contributed by atoms with E-state index in [1.807, 2.05) is 0 Å². The fraction of sp³-hybridized carbons (Fsp3) is 1.00. The highest BCUT2D eigenvalue weighted by Gasteiger charge is 2.21. The molecule has 0 spiro atoms. The Morgan fingerprint density at radius 2 is 1.24 bits per heavy atom. The third-order valence-corrected chi connectivity index (χ3v) is 3.99. The SMILES string of the molecule is CCCCCCCCOCCCCCCC(N)(CO)CO. The molecule has 0 unspecified atom stereocenters. The van der Waals surface area contributed by atoms with Gasteiger partial charge in [0.05, 0.1) is 18.8 Å². The highest BCUT2D eigenvalue weighted by atomic mass is 16.5. The first-order chi connectivity index (χ1) is 10.2. The Morgan fingerprint density at radius 3 is 1.76 bits per heavy atom. The highest BCUT2D eigenvalue weighted by Crippen LogP contribution is 2.12. The summed E-state index contributed by atoms with van der Waals surface area (Å²) in [5.41, 5.74) is 5.01. The molecule has 0 bridgehead atoms. The summed E-state index contributed by atoms with van der Waals surface area (Å²) in [7, 11) is 0. The second-order valence-electron chi connectivity index (χ2n) is 6.22. The van der Waals surface area contributed by atoms with Gasteiger partial charge in [-0.2, -0.15) is 0 Å². The van der Waals surface area contributed by atoms with Crippen LogP contribution in [0.3, 0.4) is 0 Å². The molecule has 0 radical (unpaired) electrons. The number of nitrogens with two attached hydrogens (primary N) is 1. The number of unbranched alkanes of at least 4 members (excludes halogenated alkanes) is 8. The quantitative estimate of drug-likeness (QED) is 0.383. The Bertz CT molecular complexity index is 208. The van der Waals surface area contributed by atoms with Crippen LogP contribution < -0.4 is 5.73 Å². The minimum Gasteiger partial charge on any atom is -0.394 e. The predicted molar refractivity (Wildman–Crippen MR) is 88.4 cm³/mol. The molecule has 21 heavy (non-hydrogen) atoms. The van der Waals surface area contributed by atoms with E-state index in [1.54, 1.807) is 0 Å². The van der Waals surface area contributed by atoms with Gasteiger partial charge in [0.15, 0.2) is 0 Å². The van der Waals surface area contributed by atoms with Crippen LogP contribution in [0.2, 0.25) is 0 Å². The van der Waals surface area contributed by atoms with Crippen molar-refractivity contribution in [3.05, 3.63) is 0 Å². The van der Waals surface area contributed by atoms with E-state index in [1.165, 1.54) is 38.5 Å². The van der Waals surface area contributed by atoms with Gasteiger partial charge in [-0.05, 0) is 19.3 Å². The lowest BCUT2D eigenvalue weighted by molar-refractivity contribution is 0.110. The van der Waals surface area contributed by atoms with E-state index >= 15 is 0 Å². The van der Waals surface area contributed by atoms with Crippen molar-refractivity contribution in [2.24, 2.45) is 5.73 Å². The maximum Gasteiger partial charge on any atom is 0.0633 e. The van der Waals surface area contributed by atoms with Crippen LogP contribution >= 0.6 is 0 Å². The van der Waals surface area contributed by atoms with Gasteiger partial charge in [0.25, 0.3) is 0 Å². The summed E-state index contributed by atoms with van der Waals surface area (Å²) in [5, 5.41) is 18.1. The first-order valence-corrected chi connectivity index (χ1v) is 8.77. The Labute approximate surface area is 131 Å². The molecule has 0 atom stereocenters. The van der Waals surface area contributed by atoms with Crippen molar-refractivity contribution in [2.75, 3.05) is 26.4 Å². The van der Waals surface area contributed by atoms with E-state index in [9.17, 15) is 0 Å². The molecule has 0 aromatic heterocycles. The molecule has 0 aromatic carbocycles. The van der Waals surface area contributed by atoms with Gasteiger partial charge in [-0.25, -0.2) is 0 Å². The van der Waals surface area contributed by atoms with E-state index in [0.717, 1.165) is 38.9 Å². The molecule has 128 valence electrons. The van der Waals surface area contributed by atoms with E-state index < -0.39 is 5.54 Å². The zero-order chi connectivity index (χ0) is 15.8. The summed E-state index contributed by atoms with van der Waals surface area (Å²) in [5.74, 6) is 0. The lowest BCUT2D eigenvalue weighted by Crippen LogP contribution is -2.47. The molecule has 4 nitrogen and oxygen atoms in total. The summed E-state index contributed by atoms with van der Waals surface area (Å²) in [6.07, 6.45) is 12.8. The number of ether oxygens (including phenoxy) is 1. The molecule has 4 heteroatoms. The lowest BCUT2D eigenvalue weighted by atomic mass is 9.95. The van der Waals surface area contributed by atoms with Gasteiger partial charge < -0.3 is 20.7 Å². The van der Waals surface area contributed by atoms with Crippen LogP contribution in [-0.4, -0.2) is 42.2 Å². The minimum absolute atomic E-state index is 0.148. The number of rotatable bonds is 16. The highest BCUT2D eigenvalue weighted by molar-refractivity contribution is 4.81. The predicted octanol–water partition coefficient (Wildman–Crippen LogP) is 3.00. The zero-order valence-corrected chi connectivity index (χ0v) is 14.0. The van der Waals surface area contributed by atoms with Crippen molar-refractivity contribution in [1.82, 2.24) is 0 Å². The Hall–Kier alpha value is -0.160. The molecule has 0 saturated heterocycles. The first kappa shape index (κ1) is 20.8. The van der Waals surface area contributed by atoms with Crippen LogP contribution in [0.5, 0.6) is 0 Å². The molecule has 0 rings (SSSR count). The van der Waals surface area contributed by atoms with Gasteiger partial charge in [0.1, 0.15) is 0 Å². The van der Waals surface area contributed by atoms with Crippen molar-refractivity contribution >= 4 is 0 Å². The summed E-state index contributed by atoms with van der Waals surface area (Å²) >= 11 is 0. The molecule has 0 fully saturated rings. The van der Waals surface area contributed by atoms with Crippen LogP contribution in [0.25, 0.3) is 0 Å². The van der Waals surface area contributed by atoms with Gasteiger partial charge in [-0.3, -0.25) is 0 Å². The smallest absolute Gasteiger partial charge is 0.0633 e. The molecular weight excluding hydrogens is 266 g/mol. The summed E-state index contributed by atoms with van der Waals surface area (Å²) in [6.45, 7) is 3.69. The van der Waals surface area contributed by atoms with Gasteiger partial charge in [-0.1, -0.05) is 58.3 Å². The van der Waals surface area contributed by atoms with E-state index in [0.29, 0.717) is 6.42 Å². The van der Waals surface area contributed by atoms with E-state index in [4.69, 9.17) is 20.7 Å². The summed E-state index contributed by atoms with van der Waals surface area (Å²) < 4.78 is 5.63. The van der Waals surface area contributed by atoms with Crippen LogP contribution in [0.4, 0.5) is 0 Å². The fourth-order valence-electron chi connectivity index (χ4n) is 2.33. The van der Waals surface area contributed by atoms with Crippen molar-refractivity contribution in [3.8, 4) is 0 Å². The van der Waals surface area contributed by atoms with Crippen molar-refractivity contribution < 1.29 is 14.9 Å². The monoisotopic (exact) mass is 303 g/mol. The van der Waals surface area contributed by atoms with Crippen molar-refractivity contribution in [1.29, 1.82) is 0 Å². The Kier molecular flexibility index (Phi) is 14.7. The van der Waals surface area contributed by atoms with Gasteiger partial charge >= 0.3 is 0 Å². The Morgan fingerprint density at radius 1 is 0.762 bits per heavy atom. The molecular formula is C17H37NO3. The van der Waals surface area contributed by atoms with Crippen molar-refractivity contribution in [2.45, 2.75) is 83.1 Å². The third-order valence-electron chi connectivity index (χ3n) is 3.99. The van der Waals surface area contributed by atoms with E-state index in [-0.39, 0.29) is 13.2 Å². The van der Waals surface area contributed by atoms with Gasteiger partial charge in [0.2, 0.25) is 0 Å². The zero-order valence-electron chi connectivity index (χ0n) is 14.0. The number of aliphatic hydroxyl groups is 2. The normalized spacial score (nSPS) is 12.0. The first-order valence-electron chi connectivity index (χ1n) is 8.77. The summed E-state index contributed by atoms with van der Waals surface area (Å²) in [4.78, 5) is 0.